The second-order valence-corrected chi connectivity index (χ2v) is 2.56. The smallest absolute Gasteiger partial charge is 0.691 e. The molecule has 0 aliphatic rings. The van der Waals surface area contributed by atoms with E-state index < -0.39 is 0 Å². The normalized spacial score (nSPS) is 10.8. The van der Waals surface area contributed by atoms with Gasteiger partial charge < -0.3 is 17.1 Å². The molecule has 0 saturated carbocycles. The van der Waals surface area contributed by atoms with E-state index in [0.29, 0.717) is 6.61 Å². The van der Waals surface area contributed by atoms with Crippen molar-refractivity contribution in [2.75, 3.05) is 6.61 Å². The van der Waals surface area contributed by atoms with Crippen molar-refractivity contribution in [3.8, 4) is 5.92 Å². The SMILES string of the molecule is [C-]#CC(OCC=C)c1ccccc1.[Li+]. The molecular weight excluding hydrogens is 167 g/mol. The van der Waals surface area contributed by atoms with Crippen LogP contribution in [-0.4, -0.2) is 6.61 Å². The molecule has 0 spiro atoms. The molecule has 0 amide bonds. The summed E-state index contributed by atoms with van der Waals surface area (Å²) in [5.41, 5.74) is 0.944. The van der Waals surface area contributed by atoms with Gasteiger partial charge in [-0.05, 0) is 5.56 Å². The Bertz CT molecular complexity index is 300. The van der Waals surface area contributed by atoms with Gasteiger partial charge in [-0.1, -0.05) is 36.4 Å². The first-order valence-electron chi connectivity index (χ1n) is 4.08. The van der Waals surface area contributed by atoms with Gasteiger partial charge in [0.1, 0.15) is 6.10 Å². The molecule has 1 aromatic carbocycles. The average molecular weight is 178 g/mol. The summed E-state index contributed by atoms with van der Waals surface area (Å²) in [5.74, 6) is 2.33. The topological polar surface area (TPSA) is 9.23 Å². The van der Waals surface area contributed by atoms with Crippen LogP contribution in [0.2, 0.25) is 0 Å². The molecule has 14 heavy (non-hydrogen) atoms. The third-order valence-electron chi connectivity index (χ3n) is 1.61. The molecule has 0 aliphatic carbocycles. The van der Waals surface area contributed by atoms with Crippen molar-refractivity contribution in [1.29, 1.82) is 0 Å². The van der Waals surface area contributed by atoms with Crippen LogP contribution in [0.5, 0.6) is 0 Å². The van der Waals surface area contributed by atoms with Gasteiger partial charge in [-0.25, -0.2) is 0 Å². The maximum absolute atomic E-state index is 7.07. The Balaban J connectivity index is 0.00000169. The number of hydrogen-bond donors (Lipinski definition) is 0. The molecule has 0 heterocycles. The molecule has 0 radical (unpaired) electrons. The second-order valence-electron chi connectivity index (χ2n) is 2.56. The number of benzene rings is 1. The van der Waals surface area contributed by atoms with Crippen molar-refractivity contribution in [2.24, 2.45) is 0 Å². The van der Waals surface area contributed by atoms with Crippen LogP contribution in [0.25, 0.3) is 0 Å². The van der Waals surface area contributed by atoms with Crippen LogP contribution in [0.4, 0.5) is 0 Å². The summed E-state index contributed by atoms with van der Waals surface area (Å²) >= 11 is 0. The van der Waals surface area contributed by atoms with Crippen LogP contribution in [0.15, 0.2) is 43.0 Å². The first-order valence-corrected chi connectivity index (χ1v) is 4.08. The molecule has 1 unspecified atom stereocenters. The van der Waals surface area contributed by atoms with E-state index in [4.69, 9.17) is 11.2 Å². The Morgan fingerprint density at radius 2 is 2.07 bits per heavy atom. The van der Waals surface area contributed by atoms with Crippen molar-refractivity contribution in [2.45, 2.75) is 6.10 Å². The van der Waals surface area contributed by atoms with Crippen LogP contribution < -0.4 is 18.9 Å². The zero-order chi connectivity index (χ0) is 9.52. The summed E-state index contributed by atoms with van der Waals surface area (Å²) in [6, 6.07) is 9.58. The van der Waals surface area contributed by atoms with Crippen LogP contribution in [-0.2, 0) is 4.74 Å². The predicted octanol–water partition coefficient (Wildman–Crippen LogP) is -0.476. The zero-order valence-electron chi connectivity index (χ0n) is 8.36. The molecule has 2 heteroatoms. The van der Waals surface area contributed by atoms with Gasteiger partial charge in [0, 0.05) is 0 Å². The summed E-state index contributed by atoms with van der Waals surface area (Å²) in [6.45, 7) is 3.98. The van der Waals surface area contributed by atoms with Crippen molar-refractivity contribution in [3.63, 3.8) is 0 Å². The van der Waals surface area contributed by atoms with Gasteiger partial charge >= 0.3 is 18.9 Å². The monoisotopic (exact) mass is 178 g/mol. The molecule has 0 N–H and O–H groups in total. The molecule has 1 atom stereocenters. The number of rotatable bonds is 4. The molecule has 0 bridgehead atoms. The molecule has 0 aromatic heterocycles. The molecule has 1 nitrogen and oxygen atoms in total. The van der Waals surface area contributed by atoms with Gasteiger partial charge in [0.25, 0.3) is 0 Å². The van der Waals surface area contributed by atoms with Crippen LogP contribution in [0, 0.1) is 12.3 Å². The standard InChI is InChI=1S/C12H11O.Li/c1-3-10-13-12(4-2)11-8-6-5-7-9-11;/h3,5-9,12H,1,10H2;/q-1;+1. The van der Waals surface area contributed by atoms with Gasteiger partial charge in [-0.2, -0.15) is 0 Å². The van der Waals surface area contributed by atoms with E-state index in [2.05, 4.69) is 12.5 Å². The van der Waals surface area contributed by atoms with Gasteiger partial charge in [0.15, 0.2) is 0 Å². The predicted molar refractivity (Wildman–Crippen MR) is 52.5 cm³/mol. The fourth-order valence-corrected chi connectivity index (χ4v) is 1.01. The van der Waals surface area contributed by atoms with E-state index in [1.165, 1.54) is 0 Å². The van der Waals surface area contributed by atoms with Crippen molar-refractivity contribution in [3.05, 3.63) is 55.0 Å². The molecule has 1 rings (SSSR count). The van der Waals surface area contributed by atoms with E-state index in [0.717, 1.165) is 5.56 Å². The Morgan fingerprint density at radius 3 is 2.57 bits per heavy atom. The Kier molecular flexibility index (Phi) is 6.99. The number of hydrogen-bond acceptors (Lipinski definition) is 1. The van der Waals surface area contributed by atoms with E-state index in [-0.39, 0.29) is 25.0 Å². The minimum Gasteiger partial charge on any atom is -0.691 e. The summed E-state index contributed by atoms with van der Waals surface area (Å²) < 4.78 is 5.31. The van der Waals surface area contributed by atoms with Gasteiger partial charge in [-0.3, -0.25) is 0 Å². The molecule has 0 saturated heterocycles. The molecule has 1 aromatic rings. The summed E-state index contributed by atoms with van der Waals surface area (Å²) in [6.07, 6.45) is 8.35. The fraction of sp³-hybridized carbons (Fsp3) is 0.167. The molecule has 66 valence electrons. The van der Waals surface area contributed by atoms with E-state index in [1.807, 2.05) is 30.3 Å². The van der Waals surface area contributed by atoms with Crippen LogP contribution in [0.1, 0.15) is 11.7 Å². The van der Waals surface area contributed by atoms with Crippen LogP contribution >= 0.6 is 0 Å². The minimum atomic E-state index is -0.376. The van der Waals surface area contributed by atoms with Crippen LogP contribution in [0.3, 0.4) is 0 Å². The third-order valence-corrected chi connectivity index (χ3v) is 1.61. The largest absolute Gasteiger partial charge is 1.00 e. The van der Waals surface area contributed by atoms with Crippen molar-refractivity contribution in [1.82, 2.24) is 0 Å². The van der Waals surface area contributed by atoms with Gasteiger partial charge in [0.05, 0.1) is 6.61 Å². The quantitative estimate of drug-likeness (QED) is 0.262. The molecule has 0 aliphatic heterocycles. The molecule has 0 fully saturated rings. The maximum Gasteiger partial charge on any atom is 1.00 e. The summed E-state index contributed by atoms with van der Waals surface area (Å²) in [7, 11) is 0. The zero-order valence-corrected chi connectivity index (χ0v) is 8.36. The third kappa shape index (κ3) is 3.86. The first kappa shape index (κ1) is 13.1. The summed E-state index contributed by atoms with van der Waals surface area (Å²) in [5, 5.41) is 0. The van der Waals surface area contributed by atoms with E-state index in [9.17, 15) is 0 Å². The Morgan fingerprint density at radius 1 is 1.43 bits per heavy atom. The Hall–Kier alpha value is -0.923. The fourth-order valence-electron chi connectivity index (χ4n) is 1.01. The summed E-state index contributed by atoms with van der Waals surface area (Å²) in [4.78, 5) is 0. The van der Waals surface area contributed by atoms with E-state index >= 15 is 0 Å². The van der Waals surface area contributed by atoms with Crippen molar-refractivity contribution < 1.29 is 23.6 Å². The molecular formula is C12H11LiO. The second kappa shape index (κ2) is 7.48. The first-order chi connectivity index (χ1) is 6.38. The average Bonchev–Trinajstić information content (AvgIpc) is 2.21. The van der Waals surface area contributed by atoms with Gasteiger partial charge in [0.2, 0.25) is 0 Å². The van der Waals surface area contributed by atoms with Crippen molar-refractivity contribution >= 4 is 0 Å². The van der Waals surface area contributed by atoms with Gasteiger partial charge in [-0.15, -0.1) is 6.58 Å². The minimum absolute atomic E-state index is 0. The Labute approximate surface area is 97.3 Å². The van der Waals surface area contributed by atoms with E-state index in [1.54, 1.807) is 6.08 Å². The maximum atomic E-state index is 7.07. The number of ether oxygens (including phenoxy) is 1.